The minimum absolute atomic E-state index is 0.154. The highest BCUT2D eigenvalue weighted by Crippen LogP contribution is 2.10. The van der Waals surface area contributed by atoms with E-state index in [0.717, 1.165) is 5.56 Å². The highest BCUT2D eigenvalue weighted by Gasteiger charge is 2.18. The first-order valence-electron chi connectivity index (χ1n) is 4.81. The van der Waals surface area contributed by atoms with Gasteiger partial charge in [0.1, 0.15) is 0 Å². The van der Waals surface area contributed by atoms with Crippen molar-refractivity contribution in [2.75, 3.05) is 6.61 Å². The quantitative estimate of drug-likeness (QED) is 0.438. The number of carbonyl (C=O) groups is 2. The average molecular weight is 217 g/mol. The van der Waals surface area contributed by atoms with Crippen molar-refractivity contribution < 1.29 is 14.3 Å². The molecule has 0 N–H and O–H groups in total. The van der Waals surface area contributed by atoms with Gasteiger partial charge in [0, 0.05) is 5.56 Å². The van der Waals surface area contributed by atoms with Crippen LogP contribution in [0.2, 0.25) is 0 Å². The minimum Gasteiger partial charge on any atom is -0.460 e. The Morgan fingerprint density at radius 3 is 2.62 bits per heavy atom. The maximum absolute atomic E-state index is 11.6. The van der Waals surface area contributed by atoms with Crippen LogP contribution in [0.15, 0.2) is 18.2 Å². The number of ketones is 1. The van der Waals surface area contributed by atoms with Gasteiger partial charge in [-0.3, -0.25) is 4.79 Å². The van der Waals surface area contributed by atoms with Gasteiger partial charge in [-0.1, -0.05) is 0 Å². The second-order valence-corrected chi connectivity index (χ2v) is 3.25. The molecule has 0 saturated heterocycles. The molecule has 1 aromatic carbocycles. The molecule has 0 aliphatic heterocycles. The molecular formula is C12H11NO3. The van der Waals surface area contributed by atoms with Crippen LogP contribution in [0.4, 0.5) is 0 Å². The summed E-state index contributed by atoms with van der Waals surface area (Å²) in [6.07, 6.45) is 0. The lowest BCUT2D eigenvalue weighted by molar-refractivity contribution is -0.137. The van der Waals surface area contributed by atoms with Crippen LogP contribution in [0, 0.1) is 18.3 Å². The van der Waals surface area contributed by atoms with Crippen LogP contribution >= 0.6 is 0 Å². The van der Waals surface area contributed by atoms with E-state index in [1.807, 2.05) is 6.07 Å². The smallest absolute Gasteiger partial charge is 0.379 e. The van der Waals surface area contributed by atoms with E-state index in [4.69, 9.17) is 5.26 Å². The first kappa shape index (κ1) is 11.9. The van der Waals surface area contributed by atoms with E-state index in [9.17, 15) is 9.59 Å². The van der Waals surface area contributed by atoms with Crippen molar-refractivity contribution in [3.8, 4) is 6.07 Å². The van der Waals surface area contributed by atoms with Crippen LogP contribution in [-0.2, 0) is 9.53 Å². The van der Waals surface area contributed by atoms with Crippen LogP contribution in [0.25, 0.3) is 0 Å². The molecule has 0 fully saturated rings. The fraction of sp³-hybridized carbons (Fsp3) is 0.250. The fourth-order valence-corrected chi connectivity index (χ4v) is 1.29. The Bertz CT molecular complexity index is 472. The summed E-state index contributed by atoms with van der Waals surface area (Å²) < 4.78 is 4.60. The Labute approximate surface area is 93.5 Å². The Balaban J connectivity index is 3.05. The number of rotatable bonds is 3. The zero-order valence-electron chi connectivity index (χ0n) is 9.11. The molecule has 1 aromatic rings. The summed E-state index contributed by atoms with van der Waals surface area (Å²) in [7, 11) is 0. The molecular weight excluding hydrogens is 206 g/mol. The Hall–Kier alpha value is -2.15. The predicted molar refractivity (Wildman–Crippen MR) is 56.9 cm³/mol. The summed E-state index contributed by atoms with van der Waals surface area (Å²) >= 11 is 0. The van der Waals surface area contributed by atoms with Gasteiger partial charge in [-0.05, 0) is 37.6 Å². The molecule has 0 saturated carbocycles. The monoisotopic (exact) mass is 217 g/mol. The largest absolute Gasteiger partial charge is 0.460 e. The Morgan fingerprint density at radius 1 is 1.38 bits per heavy atom. The topological polar surface area (TPSA) is 67.2 Å². The SMILES string of the molecule is CCOC(=O)C(=O)c1cc(C)cc(C#N)c1. The van der Waals surface area contributed by atoms with Crippen LogP contribution in [0.5, 0.6) is 0 Å². The molecule has 0 bridgehead atoms. The standard InChI is InChI=1S/C12H11NO3/c1-3-16-12(15)11(14)10-5-8(2)4-9(6-10)7-13/h4-6H,3H2,1-2H3. The van der Waals surface area contributed by atoms with E-state index in [-0.39, 0.29) is 12.2 Å². The van der Waals surface area contributed by atoms with E-state index in [2.05, 4.69) is 4.74 Å². The molecule has 0 aromatic heterocycles. The Morgan fingerprint density at radius 2 is 2.06 bits per heavy atom. The lowest BCUT2D eigenvalue weighted by Crippen LogP contribution is -2.17. The number of esters is 1. The van der Waals surface area contributed by atoms with Crippen LogP contribution in [0.3, 0.4) is 0 Å². The van der Waals surface area contributed by atoms with Gasteiger partial charge in [0.05, 0.1) is 18.2 Å². The normalized spacial score (nSPS) is 9.31. The molecule has 0 aliphatic carbocycles. The molecule has 0 unspecified atom stereocenters. The molecule has 0 atom stereocenters. The van der Waals surface area contributed by atoms with E-state index in [0.29, 0.717) is 5.56 Å². The maximum Gasteiger partial charge on any atom is 0.379 e. The number of hydrogen-bond acceptors (Lipinski definition) is 4. The third-order valence-corrected chi connectivity index (χ3v) is 1.93. The second kappa shape index (κ2) is 5.08. The first-order valence-corrected chi connectivity index (χ1v) is 4.81. The lowest BCUT2D eigenvalue weighted by atomic mass is 10.0. The molecule has 1 rings (SSSR count). The zero-order chi connectivity index (χ0) is 12.1. The van der Waals surface area contributed by atoms with E-state index < -0.39 is 11.8 Å². The summed E-state index contributed by atoms with van der Waals surface area (Å²) in [4.78, 5) is 22.8. The van der Waals surface area contributed by atoms with Gasteiger partial charge in [0.2, 0.25) is 0 Å². The summed E-state index contributed by atoms with van der Waals surface area (Å²) in [6.45, 7) is 3.53. The molecule has 0 spiro atoms. The zero-order valence-corrected chi connectivity index (χ0v) is 9.11. The van der Waals surface area contributed by atoms with Crippen molar-refractivity contribution in [1.29, 1.82) is 5.26 Å². The summed E-state index contributed by atoms with van der Waals surface area (Å²) in [5.41, 5.74) is 1.30. The van der Waals surface area contributed by atoms with Crippen molar-refractivity contribution in [3.63, 3.8) is 0 Å². The number of nitrogens with zero attached hydrogens (tertiary/aromatic N) is 1. The molecule has 0 amide bonds. The fourth-order valence-electron chi connectivity index (χ4n) is 1.29. The highest BCUT2D eigenvalue weighted by atomic mass is 16.5. The molecule has 4 heteroatoms. The molecule has 0 radical (unpaired) electrons. The van der Waals surface area contributed by atoms with Crippen molar-refractivity contribution in [2.24, 2.45) is 0 Å². The van der Waals surface area contributed by atoms with Crippen LogP contribution in [0.1, 0.15) is 28.4 Å². The van der Waals surface area contributed by atoms with Gasteiger partial charge in [0.15, 0.2) is 0 Å². The number of carbonyl (C=O) groups excluding carboxylic acids is 2. The van der Waals surface area contributed by atoms with Crippen molar-refractivity contribution >= 4 is 11.8 Å². The molecule has 16 heavy (non-hydrogen) atoms. The number of Topliss-reactive ketones (excluding diaryl/α,β-unsaturated/α-hetero) is 1. The number of aryl methyl sites for hydroxylation is 1. The van der Waals surface area contributed by atoms with Crippen molar-refractivity contribution in [2.45, 2.75) is 13.8 Å². The third kappa shape index (κ3) is 2.67. The van der Waals surface area contributed by atoms with Gasteiger partial charge in [-0.25, -0.2) is 4.79 Å². The molecule has 82 valence electrons. The maximum atomic E-state index is 11.6. The summed E-state index contributed by atoms with van der Waals surface area (Å²) in [5, 5.41) is 8.73. The third-order valence-electron chi connectivity index (χ3n) is 1.93. The lowest BCUT2D eigenvalue weighted by Gasteiger charge is -2.02. The van der Waals surface area contributed by atoms with Gasteiger partial charge in [0.25, 0.3) is 5.78 Å². The number of hydrogen-bond donors (Lipinski definition) is 0. The number of nitriles is 1. The van der Waals surface area contributed by atoms with Crippen LogP contribution < -0.4 is 0 Å². The van der Waals surface area contributed by atoms with Gasteiger partial charge in [-0.2, -0.15) is 5.26 Å². The van der Waals surface area contributed by atoms with Gasteiger partial charge < -0.3 is 4.74 Å². The van der Waals surface area contributed by atoms with E-state index in [1.165, 1.54) is 6.07 Å². The van der Waals surface area contributed by atoms with Gasteiger partial charge in [-0.15, -0.1) is 0 Å². The molecule has 0 heterocycles. The predicted octanol–water partition coefficient (Wildman–Crippen LogP) is 1.61. The van der Waals surface area contributed by atoms with Crippen molar-refractivity contribution in [3.05, 3.63) is 34.9 Å². The molecule has 4 nitrogen and oxygen atoms in total. The first-order chi connectivity index (χ1) is 7.58. The summed E-state index contributed by atoms with van der Waals surface area (Å²) in [6, 6.07) is 6.51. The minimum atomic E-state index is -0.892. The van der Waals surface area contributed by atoms with Crippen molar-refractivity contribution in [1.82, 2.24) is 0 Å². The van der Waals surface area contributed by atoms with E-state index in [1.54, 1.807) is 26.0 Å². The van der Waals surface area contributed by atoms with Crippen LogP contribution in [-0.4, -0.2) is 18.4 Å². The summed E-state index contributed by atoms with van der Waals surface area (Å²) in [5.74, 6) is -1.61. The highest BCUT2D eigenvalue weighted by molar-refractivity contribution is 6.40. The van der Waals surface area contributed by atoms with Gasteiger partial charge >= 0.3 is 5.97 Å². The average Bonchev–Trinajstić information content (AvgIpc) is 2.27. The van der Waals surface area contributed by atoms with E-state index >= 15 is 0 Å². The molecule has 0 aliphatic rings. The number of ether oxygens (including phenoxy) is 1. The Kier molecular flexibility index (Phi) is 3.78. The second-order valence-electron chi connectivity index (χ2n) is 3.25. The number of benzene rings is 1.